The molecule has 0 aliphatic heterocycles. The molecular weight excluding hydrogens is 484 g/mol. The quantitative estimate of drug-likeness (QED) is 0.232. The first-order valence-corrected chi connectivity index (χ1v) is 11.2. The average Bonchev–Trinajstić information content (AvgIpc) is 2.88. The van der Waals surface area contributed by atoms with Crippen LogP contribution in [0.4, 0.5) is 5.69 Å². The summed E-state index contributed by atoms with van der Waals surface area (Å²) in [7, 11) is 1.56. The fourth-order valence-electron chi connectivity index (χ4n) is 2.97. The second-order valence-electron chi connectivity index (χ2n) is 7.60. The first-order valence-electron chi connectivity index (χ1n) is 10.9. The minimum Gasteiger partial charge on any atom is -0.497 e. The molecule has 36 heavy (non-hydrogen) atoms. The highest BCUT2D eigenvalue weighted by Gasteiger charge is 2.12. The standard InChI is InChI=1S/C26H25ClN4O5/c1-17-6-9-20(27)13-23(17)30-24(32)16-36-22-5-3-4-19(12-22)15-29-31-26(34)25(33)28-14-18-7-10-21(35-2)11-8-18/h3-13,15H,14,16H2,1-2H3,(H,28,33)(H,30,32)(H,31,34)/b29-15-. The van der Waals surface area contributed by atoms with Gasteiger partial charge in [0, 0.05) is 17.3 Å². The molecule has 0 aromatic heterocycles. The number of amides is 3. The number of nitrogens with zero attached hydrogens (tertiary/aromatic N) is 1. The van der Waals surface area contributed by atoms with Crippen LogP contribution in [0.1, 0.15) is 16.7 Å². The summed E-state index contributed by atoms with van der Waals surface area (Å²) in [6.07, 6.45) is 1.36. The summed E-state index contributed by atoms with van der Waals surface area (Å²) in [5.74, 6) is -0.934. The molecule has 0 spiro atoms. The third-order valence-corrected chi connectivity index (χ3v) is 5.13. The SMILES string of the molecule is COc1ccc(CNC(=O)C(=O)N/N=C\c2cccc(OCC(=O)Nc3cc(Cl)ccc3C)c2)cc1. The molecule has 0 saturated carbocycles. The van der Waals surface area contributed by atoms with Crippen LogP contribution in [0.2, 0.25) is 5.02 Å². The van der Waals surface area contributed by atoms with Gasteiger partial charge in [-0.2, -0.15) is 5.10 Å². The molecule has 0 atom stereocenters. The summed E-state index contributed by atoms with van der Waals surface area (Å²) >= 11 is 5.97. The number of nitrogens with one attached hydrogen (secondary N) is 3. The lowest BCUT2D eigenvalue weighted by molar-refractivity contribution is -0.139. The molecule has 186 valence electrons. The van der Waals surface area contributed by atoms with Crippen LogP contribution in [-0.4, -0.2) is 37.7 Å². The van der Waals surface area contributed by atoms with Crippen LogP contribution in [0, 0.1) is 6.92 Å². The predicted molar refractivity (Wildman–Crippen MR) is 137 cm³/mol. The van der Waals surface area contributed by atoms with E-state index in [-0.39, 0.29) is 19.1 Å². The van der Waals surface area contributed by atoms with Gasteiger partial charge < -0.3 is 20.1 Å². The number of hydrogen-bond donors (Lipinski definition) is 3. The van der Waals surface area contributed by atoms with Crippen molar-refractivity contribution in [2.24, 2.45) is 5.10 Å². The maximum absolute atomic E-state index is 12.2. The van der Waals surface area contributed by atoms with Crippen molar-refractivity contribution in [2.75, 3.05) is 19.0 Å². The summed E-state index contributed by atoms with van der Waals surface area (Å²) in [5.41, 5.74) is 5.07. The molecule has 3 rings (SSSR count). The molecule has 0 saturated heterocycles. The number of benzene rings is 3. The number of carbonyl (C=O) groups excluding carboxylic acids is 3. The van der Waals surface area contributed by atoms with E-state index in [1.165, 1.54) is 6.21 Å². The van der Waals surface area contributed by atoms with E-state index in [0.717, 1.165) is 11.1 Å². The van der Waals surface area contributed by atoms with Crippen molar-refractivity contribution in [1.82, 2.24) is 10.7 Å². The number of methoxy groups -OCH3 is 1. The van der Waals surface area contributed by atoms with Crippen molar-refractivity contribution in [3.63, 3.8) is 0 Å². The zero-order valence-electron chi connectivity index (χ0n) is 19.7. The summed E-state index contributed by atoms with van der Waals surface area (Å²) in [5, 5.41) is 9.59. The van der Waals surface area contributed by atoms with Crippen LogP contribution in [0.25, 0.3) is 0 Å². The van der Waals surface area contributed by atoms with Crippen molar-refractivity contribution >= 4 is 41.2 Å². The maximum Gasteiger partial charge on any atom is 0.329 e. The third-order valence-electron chi connectivity index (χ3n) is 4.90. The molecule has 0 unspecified atom stereocenters. The Labute approximate surface area is 213 Å². The molecule has 10 heteroatoms. The number of ether oxygens (including phenoxy) is 2. The molecule has 0 fully saturated rings. The molecule has 0 aliphatic rings. The van der Waals surface area contributed by atoms with E-state index in [2.05, 4.69) is 21.2 Å². The number of anilines is 1. The number of rotatable bonds is 9. The Kier molecular flexibility index (Phi) is 9.41. The second-order valence-corrected chi connectivity index (χ2v) is 8.03. The number of hydrazone groups is 1. The molecule has 3 aromatic rings. The Morgan fingerprint density at radius 3 is 2.50 bits per heavy atom. The van der Waals surface area contributed by atoms with E-state index in [1.54, 1.807) is 67.8 Å². The minimum absolute atomic E-state index is 0.184. The van der Waals surface area contributed by atoms with Crippen LogP contribution in [0.5, 0.6) is 11.5 Å². The van der Waals surface area contributed by atoms with Crippen molar-refractivity contribution < 1.29 is 23.9 Å². The van der Waals surface area contributed by atoms with Gasteiger partial charge in [0.1, 0.15) is 11.5 Å². The Morgan fingerprint density at radius 1 is 0.972 bits per heavy atom. The van der Waals surface area contributed by atoms with Gasteiger partial charge in [-0.3, -0.25) is 14.4 Å². The number of aryl methyl sites for hydroxylation is 1. The molecule has 3 aromatic carbocycles. The normalized spacial score (nSPS) is 10.5. The first-order chi connectivity index (χ1) is 17.3. The minimum atomic E-state index is -0.903. The van der Waals surface area contributed by atoms with Gasteiger partial charge in [0.2, 0.25) is 0 Å². The highest BCUT2D eigenvalue weighted by Crippen LogP contribution is 2.20. The Morgan fingerprint density at radius 2 is 1.75 bits per heavy atom. The van der Waals surface area contributed by atoms with Crippen molar-refractivity contribution in [1.29, 1.82) is 0 Å². The Bertz CT molecular complexity index is 1260. The molecule has 0 radical (unpaired) electrons. The van der Waals surface area contributed by atoms with E-state index in [4.69, 9.17) is 21.1 Å². The number of carbonyl (C=O) groups is 3. The van der Waals surface area contributed by atoms with Crippen LogP contribution in [0.3, 0.4) is 0 Å². The van der Waals surface area contributed by atoms with Gasteiger partial charge in [0.05, 0.1) is 13.3 Å². The highest BCUT2D eigenvalue weighted by atomic mass is 35.5. The van der Waals surface area contributed by atoms with Gasteiger partial charge in [0.25, 0.3) is 5.91 Å². The van der Waals surface area contributed by atoms with Crippen molar-refractivity contribution in [3.8, 4) is 11.5 Å². The lowest BCUT2D eigenvalue weighted by atomic mass is 10.2. The van der Waals surface area contributed by atoms with Gasteiger partial charge in [-0.05, 0) is 60.0 Å². The molecule has 0 aliphatic carbocycles. The molecular formula is C26H25ClN4O5. The lowest BCUT2D eigenvalue weighted by Crippen LogP contribution is -2.37. The van der Waals surface area contributed by atoms with Crippen LogP contribution in [0.15, 0.2) is 71.8 Å². The van der Waals surface area contributed by atoms with E-state index >= 15 is 0 Å². The number of halogens is 1. The highest BCUT2D eigenvalue weighted by molar-refractivity contribution is 6.35. The summed E-state index contributed by atoms with van der Waals surface area (Å²) in [6.45, 7) is 1.83. The van der Waals surface area contributed by atoms with Crippen LogP contribution < -0.4 is 25.5 Å². The van der Waals surface area contributed by atoms with Crippen molar-refractivity contribution in [3.05, 3.63) is 88.4 Å². The molecule has 3 N–H and O–H groups in total. The Balaban J connectivity index is 1.45. The predicted octanol–water partition coefficient (Wildman–Crippen LogP) is 3.44. The summed E-state index contributed by atoms with van der Waals surface area (Å²) < 4.78 is 10.6. The van der Waals surface area contributed by atoms with Gasteiger partial charge >= 0.3 is 11.8 Å². The fourth-order valence-corrected chi connectivity index (χ4v) is 3.14. The zero-order valence-corrected chi connectivity index (χ0v) is 20.5. The van der Waals surface area contributed by atoms with Gasteiger partial charge in [-0.1, -0.05) is 41.9 Å². The fraction of sp³-hybridized carbons (Fsp3) is 0.154. The van der Waals surface area contributed by atoms with Gasteiger partial charge in [0.15, 0.2) is 6.61 Å². The summed E-state index contributed by atoms with van der Waals surface area (Å²) in [4.78, 5) is 36.1. The monoisotopic (exact) mass is 508 g/mol. The summed E-state index contributed by atoms with van der Waals surface area (Å²) in [6, 6.07) is 19.1. The van der Waals surface area contributed by atoms with Gasteiger partial charge in [-0.25, -0.2) is 5.43 Å². The van der Waals surface area contributed by atoms with E-state index in [0.29, 0.717) is 27.8 Å². The van der Waals surface area contributed by atoms with Crippen LogP contribution in [-0.2, 0) is 20.9 Å². The smallest absolute Gasteiger partial charge is 0.329 e. The third kappa shape index (κ3) is 8.14. The molecule has 0 heterocycles. The van der Waals surface area contributed by atoms with E-state index < -0.39 is 11.8 Å². The molecule has 9 nitrogen and oxygen atoms in total. The van der Waals surface area contributed by atoms with Crippen molar-refractivity contribution in [2.45, 2.75) is 13.5 Å². The lowest BCUT2D eigenvalue weighted by Gasteiger charge is -2.10. The van der Waals surface area contributed by atoms with E-state index in [9.17, 15) is 14.4 Å². The zero-order chi connectivity index (χ0) is 25.9. The topological polar surface area (TPSA) is 118 Å². The van der Waals surface area contributed by atoms with Gasteiger partial charge in [-0.15, -0.1) is 0 Å². The molecule has 0 bridgehead atoms. The maximum atomic E-state index is 12.2. The van der Waals surface area contributed by atoms with Crippen LogP contribution >= 0.6 is 11.6 Å². The largest absolute Gasteiger partial charge is 0.497 e. The van der Waals surface area contributed by atoms with E-state index in [1.807, 2.05) is 13.0 Å². The first kappa shape index (κ1) is 26.2. The average molecular weight is 509 g/mol. The number of hydrogen-bond acceptors (Lipinski definition) is 6. The Hall–Kier alpha value is -4.37. The molecule has 3 amide bonds. The second kappa shape index (κ2) is 12.9.